The molecule has 1 aromatic carbocycles. The minimum Gasteiger partial charge on any atom is -0.368 e. The van der Waals surface area contributed by atoms with Crippen LogP contribution in [-0.2, 0) is 9.59 Å². The molecule has 0 bridgehead atoms. The van der Waals surface area contributed by atoms with Crippen LogP contribution < -0.4 is 9.80 Å². The highest BCUT2D eigenvalue weighted by molar-refractivity contribution is 8.18. The van der Waals surface area contributed by atoms with E-state index in [-0.39, 0.29) is 17.3 Å². The van der Waals surface area contributed by atoms with E-state index in [9.17, 15) is 9.59 Å². The zero-order chi connectivity index (χ0) is 17.9. The van der Waals surface area contributed by atoms with Crippen molar-refractivity contribution in [2.45, 2.75) is 6.42 Å². The van der Waals surface area contributed by atoms with Gasteiger partial charge in [0.1, 0.15) is 0 Å². The van der Waals surface area contributed by atoms with Crippen LogP contribution in [-0.4, -0.2) is 47.0 Å². The van der Waals surface area contributed by atoms with E-state index >= 15 is 0 Å². The maximum atomic E-state index is 11.8. The maximum Gasteiger partial charge on any atom is 0.225 e. The van der Waals surface area contributed by atoms with Crippen LogP contribution in [0.3, 0.4) is 0 Å². The van der Waals surface area contributed by atoms with Gasteiger partial charge in [-0.1, -0.05) is 18.2 Å². The number of nitrogens with zero attached hydrogens (tertiary/aromatic N) is 4. The van der Waals surface area contributed by atoms with E-state index in [1.165, 1.54) is 5.69 Å². The summed E-state index contributed by atoms with van der Waals surface area (Å²) in [5.41, 5.74) is 1.89. The van der Waals surface area contributed by atoms with Gasteiger partial charge in [0.2, 0.25) is 11.1 Å². The molecule has 0 N–H and O–H groups in total. The number of piperazine rings is 1. The molecule has 0 aliphatic carbocycles. The molecule has 0 unspecified atom stereocenters. The Kier molecular flexibility index (Phi) is 4.71. The molecule has 7 heteroatoms. The number of ketones is 1. The largest absolute Gasteiger partial charge is 0.368 e. The van der Waals surface area contributed by atoms with Crippen LogP contribution in [0.15, 0.2) is 47.5 Å². The number of benzene rings is 1. The molecule has 0 spiro atoms. The molecule has 2 aromatic rings. The van der Waals surface area contributed by atoms with Crippen molar-refractivity contribution in [3.05, 3.63) is 53.2 Å². The van der Waals surface area contributed by atoms with Gasteiger partial charge in [0.25, 0.3) is 0 Å². The van der Waals surface area contributed by atoms with E-state index in [2.05, 4.69) is 44.0 Å². The summed E-state index contributed by atoms with van der Waals surface area (Å²) in [5, 5.41) is -0.104. The van der Waals surface area contributed by atoms with Gasteiger partial charge in [0.15, 0.2) is 5.78 Å². The summed E-state index contributed by atoms with van der Waals surface area (Å²) in [6.45, 7) is 3.48. The fraction of sp³-hybridized carbons (Fsp3) is 0.263. The Balaban J connectivity index is 1.45. The topological polar surface area (TPSA) is 66.4 Å². The van der Waals surface area contributed by atoms with Gasteiger partial charge >= 0.3 is 0 Å². The molecule has 132 valence electrons. The molecule has 0 atom stereocenters. The van der Waals surface area contributed by atoms with Crippen molar-refractivity contribution in [2.75, 3.05) is 36.0 Å². The molecule has 2 fully saturated rings. The highest BCUT2D eigenvalue weighted by atomic mass is 32.2. The molecular formula is C19H18N4O2S. The third-order valence-electron chi connectivity index (χ3n) is 4.43. The molecule has 2 aliphatic rings. The fourth-order valence-corrected chi connectivity index (χ4v) is 3.89. The number of para-hydroxylation sites is 1. The molecule has 0 saturated carbocycles. The molecule has 6 nitrogen and oxygen atoms in total. The van der Waals surface area contributed by atoms with E-state index in [4.69, 9.17) is 0 Å². The Hall–Kier alpha value is -2.67. The van der Waals surface area contributed by atoms with Crippen molar-refractivity contribution in [2.24, 2.45) is 0 Å². The van der Waals surface area contributed by atoms with E-state index in [1.54, 1.807) is 18.3 Å². The minimum atomic E-state index is -0.128. The number of anilines is 2. The third kappa shape index (κ3) is 3.62. The van der Waals surface area contributed by atoms with Crippen LogP contribution in [0, 0.1) is 0 Å². The van der Waals surface area contributed by atoms with Gasteiger partial charge in [-0.15, -0.1) is 0 Å². The van der Waals surface area contributed by atoms with Gasteiger partial charge in [-0.2, -0.15) is 0 Å². The number of rotatable bonds is 3. The molecule has 2 aliphatic heterocycles. The van der Waals surface area contributed by atoms with Crippen molar-refractivity contribution < 1.29 is 9.59 Å². The summed E-state index contributed by atoms with van der Waals surface area (Å²) in [4.78, 5) is 37.1. The van der Waals surface area contributed by atoms with Crippen molar-refractivity contribution >= 4 is 40.4 Å². The molecule has 3 heterocycles. The Morgan fingerprint density at radius 2 is 1.69 bits per heavy atom. The molecule has 0 amide bonds. The molecule has 2 saturated heterocycles. The first-order valence-corrected chi connectivity index (χ1v) is 9.34. The lowest BCUT2D eigenvalue weighted by molar-refractivity contribution is -0.119. The lowest BCUT2D eigenvalue weighted by atomic mass is 10.2. The maximum absolute atomic E-state index is 11.8. The van der Waals surface area contributed by atoms with Crippen LogP contribution in [0.5, 0.6) is 0 Å². The summed E-state index contributed by atoms with van der Waals surface area (Å²) in [7, 11) is 0. The Labute approximate surface area is 155 Å². The Morgan fingerprint density at radius 1 is 0.962 bits per heavy atom. The Bertz CT molecular complexity index is 861. The van der Waals surface area contributed by atoms with Gasteiger partial charge in [-0.25, -0.2) is 9.97 Å². The average Bonchev–Trinajstić information content (AvgIpc) is 3.00. The summed E-state index contributed by atoms with van der Waals surface area (Å²) in [5.74, 6) is 0.533. The van der Waals surface area contributed by atoms with Gasteiger partial charge in [-0.05, 0) is 36.0 Å². The van der Waals surface area contributed by atoms with Crippen molar-refractivity contribution in [3.8, 4) is 0 Å². The average molecular weight is 366 g/mol. The Morgan fingerprint density at radius 3 is 2.38 bits per heavy atom. The summed E-state index contributed by atoms with van der Waals surface area (Å²) < 4.78 is 0. The van der Waals surface area contributed by atoms with E-state index in [0.717, 1.165) is 37.9 Å². The lowest BCUT2D eigenvalue weighted by Gasteiger charge is -2.36. The van der Waals surface area contributed by atoms with E-state index in [1.807, 2.05) is 6.07 Å². The zero-order valence-corrected chi connectivity index (χ0v) is 15.0. The van der Waals surface area contributed by atoms with Gasteiger partial charge < -0.3 is 9.80 Å². The van der Waals surface area contributed by atoms with Crippen molar-refractivity contribution in [1.29, 1.82) is 0 Å². The first-order chi connectivity index (χ1) is 12.7. The molecule has 1 aromatic heterocycles. The van der Waals surface area contributed by atoms with Gasteiger partial charge in [-0.3, -0.25) is 9.59 Å². The number of hydrogen-bond donors (Lipinski definition) is 0. The second-order valence-corrected chi connectivity index (χ2v) is 7.27. The number of carbonyl (C=O) groups is 2. The van der Waals surface area contributed by atoms with E-state index < -0.39 is 0 Å². The van der Waals surface area contributed by atoms with Gasteiger partial charge in [0.05, 0.1) is 17.0 Å². The second-order valence-electron chi connectivity index (χ2n) is 6.17. The van der Waals surface area contributed by atoms with Crippen LogP contribution in [0.1, 0.15) is 12.1 Å². The highest BCUT2D eigenvalue weighted by Crippen LogP contribution is 2.30. The number of aromatic nitrogens is 2. The number of allylic oxidation sites excluding steroid dienone is 1. The first kappa shape index (κ1) is 16.8. The highest BCUT2D eigenvalue weighted by Gasteiger charge is 2.26. The fourth-order valence-electron chi connectivity index (χ4n) is 3.08. The molecular weight excluding hydrogens is 348 g/mol. The quantitative estimate of drug-likeness (QED) is 0.610. The number of carbonyl (C=O) groups excluding carboxylic acids is 2. The molecule has 4 rings (SSSR count). The summed E-state index contributed by atoms with van der Waals surface area (Å²) in [6, 6.07) is 12.1. The van der Waals surface area contributed by atoms with Crippen molar-refractivity contribution in [3.63, 3.8) is 0 Å². The zero-order valence-electron chi connectivity index (χ0n) is 14.2. The normalized spacial score (nSPS) is 19.5. The molecule has 0 radical (unpaired) electrons. The van der Waals surface area contributed by atoms with Crippen LogP contribution in [0.2, 0.25) is 0 Å². The number of Topliss-reactive ketones (excluding diaryl/α,β-unsaturated/α-hetero) is 1. The monoisotopic (exact) mass is 366 g/mol. The van der Waals surface area contributed by atoms with Crippen LogP contribution >= 0.6 is 11.8 Å². The van der Waals surface area contributed by atoms with Crippen LogP contribution in [0.4, 0.5) is 11.6 Å². The predicted molar refractivity (Wildman–Crippen MR) is 103 cm³/mol. The second kappa shape index (κ2) is 7.29. The molecule has 26 heavy (non-hydrogen) atoms. The number of hydrogen-bond acceptors (Lipinski definition) is 7. The number of thioether (sulfide) groups is 1. The van der Waals surface area contributed by atoms with Crippen LogP contribution in [0.25, 0.3) is 6.08 Å². The standard InChI is InChI=1S/C19H18N4O2S/c24-16-13-18(25)26-17(16)12-14-6-7-20-19(21-14)23-10-8-22(9-11-23)15-4-2-1-3-5-15/h1-7,12H,8-11,13H2/b17-12-. The minimum absolute atomic E-state index is 0.0180. The SMILES string of the molecule is O=C1CC(=O)/C(=C/c2ccnc(N3CCN(c4ccccc4)CC3)n2)S1. The predicted octanol–water partition coefficient (Wildman–Crippen LogP) is 2.38. The smallest absolute Gasteiger partial charge is 0.225 e. The lowest BCUT2D eigenvalue weighted by Crippen LogP contribution is -2.47. The summed E-state index contributed by atoms with van der Waals surface area (Å²) >= 11 is 1.000. The van der Waals surface area contributed by atoms with E-state index in [0.29, 0.717) is 16.5 Å². The third-order valence-corrected chi connectivity index (χ3v) is 5.37. The van der Waals surface area contributed by atoms with Gasteiger partial charge in [0, 0.05) is 38.1 Å². The summed E-state index contributed by atoms with van der Waals surface area (Å²) in [6.07, 6.45) is 3.36. The first-order valence-electron chi connectivity index (χ1n) is 8.52. The van der Waals surface area contributed by atoms with Crippen molar-refractivity contribution in [1.82, 2.24) is 9.97 Å².